The second-order valence-corrected chi connectivity index (χ2v) is 3.80. The minimum atomic E-state index is -0.286. The maximum Gasteiger partial charge on any atom is 0.277 e. The van der Waals surface area contributed by atoms with Gasteiger partial charge in [0, 0.05) is 16.1 Å². The number of carbonyl (C=O) groups excluding carboxylic acids is 1. The largest absolute Gasteiger partial charge is 0.321 e. The molecule has 0 fully saturated rings. The first-order valence-corrected chi connectivity index (χ1v) is 5.31. The highest BCUT2D eigenvalue weighted by molar-refractivity contribution is 7.03. The number of rotatable bonds is 2. The molecule has 2 rings (SSSR count). The molecule has 1 aromatic heterocycles. The van der Waals surface area contributed by atoms with Gasteiger partial charge in [0.2, 0.25) is 0 Å². The Balaban J connectivity index is 2.13. The van der Waals surface area contributed by atoms with Gasteiger partial charge in [-0.1, -0.05) is 22.2 Å². The number of carbonyl (C=O) groups is 1. The molecule has 76 valence electrons. The van der Waals surface area contributed by atoms with Crippen LogP contribution in [0, 0.1) is 0 Å². The van der Waals surface area contributed by atoms with E-state index in [2.05, 4.69) is 14.9 Å². The zero-order chi connectivity index (χ0) is 10.7. The fourth-order valence-corrected chi connectivity index (χ4v) is 1.65. The third kappa shape index (κ3) is 2.51. The van der Waals surface area contributed by atoms with Crippen molar-refractivity contribution in [3.8, 4) is 0 Å². The van der Waals surface area contributed by atoms with E-state index in [9.17, 15) is 4.79 Å². The van der Waals surface area contributed by atoms with E-state index in [0.29, 0.717) is 16.4 Å². The van der Waals surface area contributed by atoms with Crippen LogP contribution in [0.3, 0.4) is 0 Å². The minimum Gasteiger partial charge on any atom is -0.321 e. The fraction of sp³-hybridized carbons (Fsp3) is 0. The van der Waals surface area contributed by atoms with Crippen molar-refractivity contribution < 1.29 is 4.79 Å². The molecule has 0 spiro atoms. The van der Waals surface area contributed by atoms with Crippen molar-refractivity contribution in [2.45, 2.75) is 0 Å². The molecule has 0 unspecified atom stereocenters. The molecule has 1 amide bonds. The Labute approximate surface area is 95.1 Å². The molecule has 0 saturated carbocycles. The van der Waals surface area contributed by atoms with Crippen LogP contribution in [-0.4, -0.2) is 15.5 Å². The highest BCUT2D eigenvalue weighted by atomic mass is 35.5. The van der Waals surface area contributed by atoms with Crippen LogP contribution in [0.5, 0.6) is 0 Å². The molecule has 0 saturated heterocycles. The van der Waals surface area contributed by atoms with Gasteiger partial charge in [0.25, 0.3) is 5.91 Å². The Hall–Kier alpha value is -1.46. The number of aromatic nitrogens is 2. The quantitative estimate of drug-likeness (QED) is 0.876. The molecule has 4 nitrogen and oxygen atoms in total. The highest BCUT2D eigenvalue weighted by Crippen LogP contribution is 2.15. The van der Waals surface area contributed by atoms with Crippen LogP contribution in [-0.2, 0) is 0 Å². The summed E-state index contributed by atoms with van der Waals surface area (Å²) in [6.07, 6.45) is 0. The van der Waals surface area contributed by atoms with Gasteiger partial charge in [0.1, 0.15) is 0 Å². The first-order valence-electron chi connectivity index (χ1n) is 4.10. The van der Waals surface area contributed by atoms with E-state index in [-0.39, 0.29) is 5.91 Å². The van der Waals surface area contributed by atoms with E-state index in [1.807, 2.05) is 0 Å². The maximum atomic E-state index is 11.5. The predicted octanol–water partition coefficient (Wildman–Crippen LogP) is 2.44. The molecule has 1 aromatic carbocycles. The van der Waals surface area contributed by atoms with Crippen molar-refractivity contribution in [1.29, 1.82) is 0 Å². The zero-order valence-corrected chi connectivity index (χ0v) is 9.05. The molecule has 2 aromatic rings. The summed E-state index contributed by atoms with van der Waals surface area (Å²) in [6, 6.07) is 6.92. The first-order chi connectivity index (χ1) is 7.25. The summed E-state index contributed by atoms with van der Waals surface area (Å²) in [6.45, 7) is 0. The number of nitrogens with zero attached hydrogens (tertiary/aromatic N) is 2. The molecule has 15 heavy (non-hydrogen) atoms. The average molecular weight is 240 g/mol. The third-order valence-electron chi connectivity index (χ3n) is 1.68. The summed E-state index contributed by atoms with van der Waals surface area (Å²) >= 11 is 6.91. The molecule has 0 radical (unpaired) electrons. The van der Waals surface area contributed by atoms with Crippen LogP contribution in [0.1, 0.15) is 10.5 Å². The van der Waals surface area contributed by atoms with E-state index in [0.717, 1.165) is 11.5 Å². The Morgan fingerprint density at radius 3 is 3.00 bits per heavy atom. The Morgan fingerprint density at radius 2 is 2.33 bits per heavy atom. The zero-order valence-electron chi connectivity index (χ0n) is 7.48. The number of nitrogens with one attached hydrogen (secondary N) is 1. The number of benzene rings is 1. The van der Waals surface area contributed by atoms with Crippen LogP contribution in [0.15, 0.2) is 29.6 Å². The Morgan fingerprint density at radius 1 is 1.47 bits per heavy atom. The smallest absolute Gasteiger partial charge is 0.277 e. The number of halogens is 1. The van der Waals surface area contributed by atoms with Gasteiger partial charge in [-0.25, -0.2) is 0 Å². The molecule has 0 atom stereocenters. The van der Waals surface area contributed by atoms with Gasteiger partial charge in [-0.3, -0.25) is 4.79 Å². The van der Waals surface area contributed by atoms with E-state index in [4.69, 9.17) is 11.6 Å². The molecule has 1 heterocycles. The van der Waals surface area contributed by atoms with E-state index in [1.165, 1.54) is 0 Å². The molecular formula is C9H6ClN3OS. The van der Waals surface area contributed by atoms with Gasteiger partial charge in [-0.05, 0) is 29.7 Å². The lowest BCUT2D eigenvalue weighted by molar-refractivity contribution is 0.102. The molecule has 0 aliphatic heterocycles. The van der Waals surface area contributed by atoms with Gasteiger partial charge in [-0.15, -0.1) is 5.10 Å². The van der Waals surface area contributed by atoms with E-state index in [1.54, 1.807) is 29.6 Å². The molecule has 6 heteroatoms. The third-order valence-corrected chi connectivity index (χ3v) is 2.41. The molecule has 0 aliphatic carbocycles. The van der Waals surface area contributed by atoms with Gasteiger partial charge < -0.3 is 5.32 Å². The summed E-state index contributed by atoms with van der Waals surface area (Å²) in [4.78, 5) is 11.5. The van der Waals surface area contributed by atoms with E-state index >= 15 is 0 Å². The van der Waals surface area contributed by atoms with Crippen molar-refractivity contribution in [2.75, 3.05) is 5.32 Å². The van der Waals surface area contributed by atoms with Gasteiger partial charge in [0.05, 0.1) is 0 Å². The van der Waals surface area contributed by atoms with Gasteiger partial charge >= 0.3 is 0 Å². The fourth-order valence-electron chi connectivity index (χ4n) is 1.02. The monoisotopic (exact) mass is 239 g/mol. The summed E-state index contributed by atoms with van der Waals surface area (Å²) in [5.74, 6) is -0.286. The number of amides is 1. The second-order valence-electron chi connectivity index (χ2n) is 2.75. The van der Waals surface area contributed by atoms with Crippen molar-refractivity contribution >= 4 is 34.7 Å². The topological polar surface area (TPSA) is 54.9 Å². The van der Waals surface area contributed by atoms with Crippen LogP contribution in [0.2, 0.25) is 5.02 Å². The lowest BCUT2D eigenvalue weighted by atomic mass is 10.3. The summed E-state index contributed by atoms with van der Waals surface area (Å²) < 4.78 is 3.61. The number of anilines is 1. The number of hydrogen-bond acceptors (Lipinski definition) is 4. The standard InChI is InChI=1S/C9H6ClN3OS/c10-6-2-1-3-7(4-6)11-9(14)8-5-15-13-12-8/h1-5H,(H,11,14). The first kappa shape index (κ1) is 10.1. The number of hydrogen-bond donors (Lipinski definition) is 1. The normalized spacial score (nSPS) is 9.93. The van der Waals surface area contributed by atoms with Crippen LogP contribution < -0.4 is 5.32 Å². The van der Waals surface area contributed by atoms with Crippen LogP contribution >= 0.6 is 23.1 Å². The lowest BCUT2D eigenvalue weighted by Gasteiger charge is -2.02. The summed E-state index contributed by atoms with van der Waals surface area (Å²) in [5, 5.41) is 8.48. The molecular weight excluding hydrogens is 234 g/mol. The molecule has 1 N–H and O–H groups in total. The van der Waals surface area contributed by atoms with Gasteiger partial charge in [-0.2, -0.15) is 0 Å². The lowest BCUT2D eigenvalue weighted by Crippen LogP contribution is -2.12. The SMILES string of the molecule is O=C(Nc1cccc(Cl)c1)c1csnn1. The summed E-state index contributed by atoms with van der Waals surface area (Å²) in [5.41, 5.74) is 0.945. The van der Waals surface area contributed by atoms with Crippen molar-refractivity contribution in [3.63, 3.8) is 0 Å². The van der Waals surface area contributed by atoms with Crippen LogP contribution in [0.4, 0.5) is 5.69 Å². The van der Waals surface area contributed by atoms with Crippen LogP contribution in [0.25, 0.3) is 0 Å². The highest BCUT2D eigenvalue weighted by Gasteiger charge is 2.08. The average Bonchev–Trinajstić information content (AvgIpc) is 2.70. The predicted molar refractivity (Wildman–Crippen MR) is 59.3 cm³/mol. The second kappa shape index (κ2) is 4.37. The molecule has 0 bridgehead atoms. The van der Waals surface area contributed by atoms with Crippen molar-refractivity contribution in [2.24, 2.45) is 0 Å². The van der Waals surface area contributed by atoms with Crippen molar-refractivity contribution in [1.82, 2.24) is 9.59 Å². The molecule has 0 aliphatic rings. The minimum absolute atomic E-state index is 0.286. The Bertz CT molecular complexity index is 472. The summed E-state index contributed by atoms with van der Waals surface area (Å²) in [7, 11) is 0. The van der Waals surface area contributed by atoms with E-state index < -0.39 is 0 Å². The maximum absolute atomic E-state index is 11.5. The van der Waals surface area contributed by atoms with Gasteiger partial charge in [0.15, 0.2) is 5.69 Å². The Kier molecular flexibility index (Phi) is 2.94. The van der Waals surface area contributed by atoms with Crippen molar-refractivity contribution in [3.05, 3.63) is 40.4 Å².